The van der Waals surface area contributed by atoms with E-state index in [1.807, 2.05) is 0 Å². The van der Waals surface area contributed by atoms with E-state index >= 15 is 0 Å². The van der Waals surface area contributed by atoms with E-state index in [4.69, 9.17) is 10.8 Å². The van der Waals surface area contributed by atoms with Crippen molar-refractivity contribution in [3.05, 3.63) is 11.9 Å². The molecule has 1 aliphatic carbocycles. The van der Waals surface area contributed by atoms with Crippen molar-refractivity contribution in [1.29, 1.82) is 0 Å². The van der Waals surface area contributed by atoms with E-state index < -0.39 is 29.4 Å². The van der Waals surface area contributed by atoms with E-state index in [-0.39, 0.29) is 19.3 Å². The van der Waals surface area contributed by atoms with Crippen molar-refractivity contribution in [3.63, 3.8) is 0 Å². The lowest BCUT2D eigenvalue weighted by Gasteiger charge is -2.32. The predicted octanol–water partition coefficient (Wildman–Crippen LogP) is 1.78. The second-order valence-corrected chi connectivity index (χ2v) is 4.40. The molecule has 2 unspecified atom stereocenters. The summed E-state index contributed by atoms with van der Waals surface area (Å²) in [5, 5.41) is 8.63. The van der Waals surface area contributed by atoms with Crippen LogP contribution in [0.3, 0.4) is 0 Å². The third kappa shape index (κ3) is 3.27. The van der Waals surface area contributed by atoms with Gasteiger partial charge in [0.15, 0.2) is 0 Å². The molecule has 0 radical (unpaired) electrons. The molecule has 0 fully saturated rings. The topological polar surface area (TPSA) is 63.3 Å². The van der Waals surface area contributed by atoms with Crippen molar-refractivity contribution in [2.24, 2.45) is 11.1 Å². The Morgan fingerprint density at radius 3 is 2.93 bits per heavy atom. The molecule has 3 nitrogen and oxygen atoms in total. The molecule has 0 amide bonds. The maximum Gasteiger partial charge on any atom is 0.320 e. The van der Waals surface area contributed by atoms with E-state index in [9.17, 15) is 13.6 Å². The highest BCUT2D eigenvalue weighted by Gasteiger charge is 2.35. The summed E-state index contributed by atoms with van der Waals surface area (Å²) < 4.78 is 26.1. The largest absolute Gasteiger partial charge is 0.480 e. The summed E-state index contributed by atoms with van der Waals surface area (Å²) >= 11 is 0. The maximum absolute atomic E-state index is 13.1. The molecule has 15 heavy (non-hydrogen) atoms. The van der Waals surface area contributed by atoms with Crippen LogP contribution in [0.5, 0.6) is 0 Å². The summed E-state index contributed by atoms with van der Waals surface area (Å²) in [6.45, 7) is 1.63. The molecule has 0 aromatic heterocycles. The molecular weight excluding hydrogens is 204 g/mol. The van der Waals surface area contributed by atoms with Gasteiger partial charge in [-0.3, -0.25) is 4.79 Å². The normalized spacial score (nSPS) is 33.3. The molecule has 5 heteroatoms. The first-order valence-corrected chi connectivity index (χ1v) is 4.82. The summed E-state index contributed by atoms with van der Waals surface area (Å²) in [5.41, 5.74) is 4.56. The number of carboxylic acids is 1. The van der Waals surface area contributed by atoms with Gasteiger partial charge in [0.25, 0.3) is 0 Å². The van der Waals surface area contributed by atoms with Crippen LogP contribution in [0, 0.1) is 5.41 Å². The standard InChI is InChI=1S/C10H15F2NO2/c1-10(5-8(13)9(14)15)3-6(11)2-7(12)4-10/h3,7-8H,2,4-5,13H2,1H3,(H,14,15)/t7?,8-,10?/m1/s1. The van der Waals surface area contributed by atoms with Crippen LogP contribution in [0.25, 0.3) is 0 Å². The van der Waals surface area contributed by atoms with Gasteiger partial charge in [0, 0.05) is 6.42 Å². The van der Waals surface area contributed by atoms with Gasteiger partial charge in [0.2, 0.25) is 0 Å². The molecule has 0 aromatic rings. The first-order chi connectivity index (χ1) is 6.82. The molecule has 3 N–H and O–H groups in total. The molecule has 3 atom stereocenters. The lowest BCUT2D eigenvalue weighted by atomic mass is 9.75. The van der Waals surface area contributed by atoms with Crippen molar-refractivity contribution in [2.75, 3.05) is 0 Å². The number of hydrogen-bond donors (Lipinski definition) is 2. The lowest BCUT2D eigenvalue weighted by Crippen LogP contribution is -2.37. The summed E-state index contributed by atoms with van der Waals surface area (Å²) in [7, 11) is 0. The van der Waals surface area contributed by atoms with Crippen LogP contribution in [0.15, 0.2) is 11.9 Å². The Kier molecular flexibility index (Phi) is 3.44. The van der Waals surface area contributed by atoms with Crippen molar-refractivity contribution >= 4 is 5.97 Å². The minimum atomic E-state index is -1.25. The summed E-state index contributed by atoms with van der Waals surface area (Å²) in [6, 6.07) is -1.08. The van der Waals surface area contributed by atoms with Crippen LogP contribution >= 0.6 is 0 Å². The van der Waals surface area contributed by atoms with Gasteiger partial charge in [-0.25, -0.2) is 8.78 Å². The highest BCUT2D eigenvalue weighted by Crippen LogP contribution is 2.39. The molecule has 1 rings (SSSR count). The first-order valence-electron chi connectivity index (χ1n) is 4.82. The zero-order chi connectivity index (χ0) is 11.6. The third-order valence-corrected chi connectivity index (χ3v) is 2.61. The van der Waals surface area contributed by atoms with Crippen molar-refractivity contribution < 1.29 is 18.7 Å². The number of allylic oxidation sites excluding steroid dienone is 2. The number of carbonyl (C=O) groups is 1. The first kappa shape index (κ1) is 12.1. The van der Waals surface area contributed by atoms with Gasteiger partial charge >= 0.3 is 5.97 Å². The van der Waals surface area contributed by atoms with Crippen LogP contribution in [-0.4, -0.2) is 23.3 Å². The number of rotatable bonds is 3. The Hall–Kier alpha value is -0.970. The number of nitrogens with two attached hydrogens (primary N) is 1. The van der Waals surface area contributed by atoms with Crippen molar-refractivity contribution in [2.45, 2.75) is 38.4 Å². The molecular formula is C10H15F2NO2. The van der Waals surface area contributed by atoms with E-state index in [0.29, 0.717) is 0 Å². The second-order valence-electron chi connectivity index (χ2n) is 4.40. The monoisotopic (exact) mass is 219 g/mol. The van der Waals surface area contributed by atoms with Crippen LogP contribution in [-0.2, 0) is 4.79 Å². The third-order valence-electron chi connectivity index (χ3n) is 2.61. The minimum Gasteiger partial charge on any atom is -0.480 e. The Morgan fingerprint density at radius 2 is 2.47 bits per heavy atom. The van der Waals surface area contributed by atoms with Crippen LogP contribution in [0.2, 0.25) is 0 Å². The van der Waals surface area contributed by atoms with Crippen LogP contribution in [0.1, 0.15) is 26.2 Å². The van der Waals surface area contributed by atoms with E-state index in [0.717, 1.165) is 0 Å². The highest BCUT2D eigenvalue weighted by atomic mass is 19.1. The second kappa shape index (κ2) is 4.26. The molecule has 0 bridgehead atoms. The van der Waals surface area contributed by atoms with Crippen molar-refractivity contribution in [3.8, 4) is 0 Å². The Morgan fingerprint density at radius 1 is 1.87 bits per heavy atom. The van der Waals surface area contributed by atoms with Gasteiger partial charge < -0.3 is 10.8 Å². The van der Waals surface area contributed by atoms with E-state index in [1.54, 1.807) is 6.92 Å². The average molecular weight is 219 g/mol. The number of halogens is 2. The summed E-state index contributed by atoms with van der Waals surface area (Å²) in [5.74, 6) is -1.67. The fraction of sp³-hybridized carbons (Fsp3) is 0.700. The van der Waals surface area contributed by atoms with Gasteiger partial charge in [-0.1, -0.05) is 6.92 Å². The molecule has 0 spiro atoms. The Labute approximate surface area is 87.0 Å². The fourth-order valence-corrected chi connectivity index (χ4v) is 2.02. The molecule has 1 aliphatic rings. The molecule has 0 aromatic carbocycles. The van der Waals surface area contributed by atoms with Gasteiger partial charge in [0.1, 0.15) is 12.2 Å². The zero-order valence-electron chi connectivity index (χ0n) is 8.54. The lowest BCUT2D eigenvalue weighted by molar-refractivity contribution is -0.139. The van der Waals surface area contributed by atoms with Gasteiger partial charge in [-0.05, 0) is 24.3 Å². The van der Waals surface area contributed by atoms with Gasteiger partial charge in [-0.2, -0.15) is 0 Å². The smallest absolute Gasteiger partial charge is 0.320 e. The van der Waals surface area contributed by atoms with Crippen molar-refractivity contribution in [1.82, 2.24) is 0 Å². The summed E-state index contributed by atoms with van der Waals surface area (Å²) in [4.78, 5) is 10.5. The van der Waals surface area contributed by atoms with Crippen LogP contribution < -0.4 is 5.73 Å². The van der Waals surface area contributed by atoms with Gasteiger partial charge in [-0.15, -0.1) is 0 Å². The van der Waals surface area contributed by atoms with E-state index in [2.05, 4.69) is 0 Å². The fourth-order valence-electron chi connectivity index (χ4n) is 2.02. The van der Waals surface area contributed by atoms with E-state index in [1.165, 1.54) is 6.08 Å². The van der Waals surface area contributed by atoms with Crippen LogP contribution in [0.4, 0.5) is 8.78 Å². The number of hydrogen-bond acceptors (Lipinski definition) is 2. The number of aliphatic carboxylic acids is 1. The zero-order valence-corrected chi connectivity index (χ0v) is 8.54. The SMILES string of the molecule is CC1(C[C@@H](N)C(=O)O)C=C(F)CC(F)C1. The highest BCUT2D eigenvalue weighted by molar-refractivity contribution is 5.73. The quantitative estimate of drug-likeness (QED) is 0.760. The maximum atomic E-state index is 13.1. The average Bonchev–Trinajstić information content (AvgIpc) is 1.99. The molecule has 0 saturated heterocycles. The molecule has 0 heterocycles. The summed E-state index contributed by atoms with van der Waals surface area (Å²) in [6.07, 6.45) is 0.0162. The number of carboxylic acid groups (broad SMARTS) is 1. The Balaban J connectivity index is 2.74. The molecule has 86 valence electrons. The molecule has 0 aliphatic heterocycles. The molecule has 0 saturated carbocycles. The van der Waals surface area contributed by atoms with Gasteiger partial charge in [0.05, 0.1) is 5.83 Å². The predicted molar refractivity (Wildman–Crippen MR) is 51.7 cm³/mol. The number of alkyl halides is 1. The minimum absolute atomic E-state index is 0.0518. The Bertz CT molecular complexity index is 293.